The van der Waals surface area contributed by atoms with Gasteiger partial charge < -0.3 is 9.80 Å². The molecule has 0 aromatic rings. The molecule has 3 unspecified atom stereocenters. The van der Waals surface area contributed by atoms with E-state index in [4.69, 9.17) is 0 Å². The molecule has 166 valence electrons. The zero-order chi connectivity index (χ0) is 21.3. The van der Waals surface area contributed by atoms with Crippen LogP contribution in [0.5, 0.6) is 0 Å². The molecule has 1 aliphatic carbocycles. The normalized spacial score (nSPS) is 30.6. The first kappa shape index (κ1) is 21.3. The number of carbonyl (C=O) groups excluding carboxylic acids is 4. The Labute approximate surface area is 178 Å². The monoisotopic (exact) mass is 418 g/mol. The van der Waals surface area contributed by atoms with Crippen molar-refractivity contribution in [3.05, 3.63) is 0 Å². The lowest BCUT2D eigenvalue weighted by Crippen LogP contribution is -2.54. The maximum atomic E-state index is 12.8. The summed E-state index contributed by atoms with van der Waals surface area (Å²) in [5, 5.41) is 0. The van der Waals surface area contributed by atoms with Gasteiger partial charge in [0.1, 0.15) is 6.54 Å². The molecule has 0 radical (unpaired) electrons. The van der Waals surface area contributed by atoms with E-state index in [1.165, 1.54) is 11.3 Å². The van der Waals surface area contributed by atoms with E-state index in [9.17, 15) is 19.2 Å². The molecule has 1 saturated carbocycles. The fraction of sp³-hybridized carbons (Fsp3) is 0.818. The van der Waals surface area contributed by atoms with E-state index in [0.717, 1.165) is 45.1 Å². The fourth-order valence-electron chi connectivity index (χ4n) is 5.53. The van der Waals surface area contributed by atoms with Crippen molar-refractivity contribution in [1.82, 2.24) is 19.6 Å². The van der Waals surface area contributed by atoms with Crippen LogP contribution in [0.3, 0.4) is 0 Å². The Morgan fingerprint density at radius 3 is 1.97 bits per heavy atom. The molecule has 8 heteroatoms. The Balaban J connectivity index is 1.25. The van der Waals surface area contributed by atoms with E-state index in [2.05, 4.69) is 11.8 Å². The first-order valence-electron chi connectivity index (χ1n) is 11.6. The number of fused-ring (bicyclic) bond motifs is 1. The maximum absolute atomic E-state index is 12.8. The number of piperidine rings is 1. The summed E-state index contributed by atoms with van der Waals surface area (Å²) in [7, 11) is 0. The number of likely N-dealkylation sites (tertiary alicyclic amines) is 2. The molecule has 4 aliphatic rings. The molecule has 0 aromatic heterocycles. The predicted octanol–water partition coefficient (Wildman–Crippen LogP) is 0.707. The van der Waals surface area contributed by atoms with Crippen molar-refractivity contribution in [3.8, 4) is 0 Å². The van der Waals surface area contributed by atoms with E-state index in [1.807, 2.05) is 4.90 Å². The van der Waals surface area contributed by atoms with Crippen molar-refractivity contribution < 1.29 is 19.2 Å². The average molecular weight is 419 g/mol. The van der Waals surface area contributed by atoms with E-state index < -0.39 is 0 Å². The van der Waals surface area contributed by atoms with Gasteiger partial charge in [0.25, 0.3) is 0 Å². The summed E-state index contributed by atoms with van der Waals surface area (Å²) in [5.41, 5.74) is 0. The number of carbonyl (C=O) groups is 4. The summed E-state index contributed by atoms with van der Waals surface area (Å²) in [6.45, 7) is 5.59. The van der Waals surface area contributed by atoms with Crippen LogP contribution in [0.25, 0.3) is 0 Å². The van der Waals surface area contributed by atoms with Gasteiger partial charge in [0.2, 0.25) is 23.6 Å². The minimum atomic E-state index is -0.209. The Kier molecular flexibility index (Phi) is 6.41. The van der Waals surface area contributed by atoms with Gasteiger partial charge in [-0.25, -0.2) is 0 Å². The Morgan fingerprint density at radius 2 is 1.37 bits per heavy atom. The van der Waals surface area contributed by atoms with Crippen LogP contribution in [0.15, 0.2) is 0 Å². The molecule has 3 saturated heterocycles. The molecule has 0 aromatic carbocycles. The summed E-state index contributed by atoms with van der Waals surface area (Å²) < 4.78 is 0. The zero-order valence-corrected chi connectivity index (χ0v) is 18.1. The second kappa shape index (κ2) is 9.04. The van der Waals surface area contributed by atoms with Crippen LogP contribution in [-0.4, -0.2) is 95.1 Å². The summed E-state index contributed by atoms with van der Waals surface area (Å²) in [5.74, 6) is -0.710. The standard InChI is InChI=1S/C22H34N4O4/c1-16-6-4-5-9-25(16)20(28)14-23-10-12-24(13-11-23)19(27)15-26-21(29)17-7-2-3-8-18(17)22(26)30/h16-18H,2-15H2,1H3. The molecule has 30 heavy (non-hydrogen) atoms. The van der Waals surface area contributed by atoms with E-state index in [-0.39, 0.29) is 42.0 Å². The number of hydrogen-bond donors (Lipinski definition) is 0. The largest absolute Gasteiger partial charge is 0.339 e. The summed E-state index contributed by atoms with van der Waals surface area (Å²) in [6, 6.07) is 0.313. The molecule has 0 spiro atoms. The number of nitrogens with zero attached hydrogens (tertiary/aromatic N) is 4. The lowest BCUT2D eigenvalue weighted by Gasteiger charge is -2.38. The van der Waals surface area contributed by atoms with Gasteiger partial charge in [0, 0.05) is 38.8 Å². The van der Waals surface area contributed by atoms with Crippen molar-refractivity contribution in [3.63, 3.8) is 0 Å². The van der Waals surface area contributed by atoms with E-state index >= 15 is 0 Å². The fourth-order valence-corrected chi connectivity index (χ4v) is 5.53. The lowest BCUT2D eigenvalue weighted by molar-refractivity contribution is -0.147. The van der Waals surface area contributed by atoms with Gasteiger partial charge in [-0.2, -0.15) is 0 Å². The minimum Gasteiger partial charge on any atom is -0.339 e. The smallest absolute Gasteiger partial charge is 0.242 e. The Hall–Kier alpha value is -1.96. The molecule has 4 fully saturated rings. The Morgan fingerprint density at radius 1 is 0.767 bits per heavy atom. The van der Waals surface area contributed by atoms with Gasteiger partial charge in [-0.05, 0) is 39.0 Å². The highest BCUT2D eigenvalue weighted by molar-refractivity contribution is 6.07. The maximum Gasteiger partial charge on any atom is 0.242 e. The van der Waals surface area contributed by atoms with Crippen LogP contribution in [0.1, 0.15) is 51.9 Å². The van der Waals surface area contributed by atoms with Crippen molar-refractivity contribution in [2.24, 2.45) is 11.8 Å². The second-order valence-electron chi connectivity index (χ2n) is 9.35. The van der Waals surface area contributed by atoms with Crippen LogP contribution in [-0.2, 0) is 19.2 Å². The van der Waals surface area contributed by atoms with Crippen LogP contribution in [0.2, 0.25) is 0 Å². The molecule has 3 atom stereocenters. The van der Waals surface area contributed by atoms with Gasteiger partial charge in [-0.1, -0.05) is 12.8 Å². The number of imide groups is 1. The third-order valence-electron chi connectivity index (χ3n) is 7.43. The van der Waals surface area contributed by atoms with Crippen molar-refractivity contribution in [2.75, 3.05) is 45.8 Å². The second-order valence-corrected chi connectivity index (χ2v) is 9.35. The minimum absolute atomic E-state index is 0.130. The SMILES string of the molecule is CC1CCCCN1C(=O)CN1CCN(C(=O)CN2C(=O)C3CCCCC3C2=O)CC1. The van der Waals surface area contributed by atoms with E-state index in [1.54, 1.807) is 4.90 Å². The molecule has 3 heterocycles. The van der Waals surface area contributed by atoms with Crippen LogP contribution < -0.4 is 0 Å². The molecule has 0 bridgehead atoms. The molecule has 8 nitrogen and oxygen atoms in total. The van der Waals surface area contributed by atoms with Crippen molar-refractivity contribution in [1.29, 1.82) is 0 Å². The summed E-state index contributed by atoms with van der Waals surface area (Å²) in [4.78, 5) is 57.6. The Bertz CT molecular complexity index is 679. The van der Waals surface area contributed by atoms with Crippen LogP contribution in [0.4, 0.5) is 0 Å². The van der Waals surface area contributed by atoms with Gasteiger partial charge >= 0.3 is 0 Å². The molecule has 0 N–H and O–H groups in total. The molecule has 4 rings (SSSR count). The van der Waals surface area contributed by atoms with Gasteiger partial charge in [-0.15, -0.1) is 0 Å². The lowest BCUT2D eigenvalue weighted by atomic mass is 9.81. The molecule has 3 aliphatic heterocycles. The van der Waals surface area contributed by atoms with Crippen molar-refractivity contribution in [2.45, 2.75) is 57.9 Å². The third-order valence-corrected chi connectivity index (χ3v) is 7.43. The van der Waals surface area contributed by atoms with E-state index in [0.29, 0.717) is 38.8 Å². The summed E-state index contributed by atoms with van der Waals surface area (Å²) >= 11 is 0. The first-order valence-corrected chi connectivity index (χ1v) is 11.6. The van der Waals surface area contributed by atoms with Gasteiger partial charge in [0.05, 0.1) is 18.4 Å². The molecular formula is C22H34N4O4. The molecular weight excluding hydrogens is 384 g/mol. The highest BCUT2D eigenvalue weighted by atomic mass is 16.2. The van der Waals surface area contributed by atoms with Gasteiger partial charge in [-0.3, -0.25) is 29.0 Å². The van der Waals surface area contributed by atoms with Crippen LogP contribution in [0, 0.1) is 11.8 Å². The van der Waals surface area contributed by atoms with Gasteiger partial charge in [0.15, 0.2) is 0 Å². The average Bonchev–Trinajstić information content (AvgIpc) is 2.99. The third kappa shape index (κ3) is 4.24. The highest BCUT2D eigenvalue weighted by Gasteiger charge is 2.48. The van der Waals surface area contributed by atoms with Crippen LogP contribution >= 0.6 is 0 Å². The first-order chi connectivity index (χ1) is 14.5. The molecule has 4 amide bonds. The number of hydrogen-bond acceptors (Lipinski definition) is 5. The summed E-state index contributed by atoms with van der Waals surface area (Å²) in [6.07, 6.45) is 6.84. The zero-order valence-electron chi connectivity index (χ0n) is 18.1. The predicted molar refractivity (Wildman–Crippen MR) is 110 cm³/mol. The number of rotatable bonds is 4. The quantitative estimate of drug-likeness (QED) is 0.628. The number of amides is 4. The number of piperazine rings is 1. The topological polar surface area (TPSA) is 81.2 Å². The van der Waals surface area contributed by atoms with Crippen molar-refractivity contribution >= 4 is 23.6 Å². The highest BCUT2D eigenvalue weighted by Crippen LogP contribution is 2.37.